The van der Waals surface area contributed by atoms with Gasteiger partial charge in [0.05, 0.1) is 5.60 Å². The van der Waals surface area contributed by atoms with Gasteiger partial charge < -0.3 is 10.5 Å². The molecular weight excluding hydrogens is 150 g/mol. The molecule has 0 radical (unpaired) electrons. The van der Waals surface area contributed by atoms with Crippen molar-refractivity contribution in [3.63, 3.8) is 0 Å². The van der Waals surface area contributed by atoms with Crippen molar-refractivity contribution in [3.8, 4) is 0 Å². The highest BCUT2D eigenvalue weighted by molar-refractivity contribution is 4.80. The van der Waals surface area contributed by atoms with Crippen molar-refractivity contribution in [3.05, 3.63) is 0 Å². The Labute approximate surface area is 76.5 Å². The quantitative estimate of drug-likeness (QED) is 0.692. The van der Waals surface area contributed by atoms with Crippen LogP contribution in [-0.4, -0.2) is 18.2 Å². The summed E-state index contributed by atoms with van der Waals surface area (Å²) in [5, 5.41) is 0. The molecule has 0 bridgehead atoms. The molecule has 74 valence electrons. The van der Waals surface area contributed by atoms with Gasteiger partial charge in [0.15, 0.2) is 0 Å². The highest BCUT2D eigenvalue weighted by Gasteiger charge is 2.22. The van der Waals surface area contributed by atoms with Crippen molar-refractivity contribution in [2.45, 2.75) is 58.1 Å². The Bertz CT molecular complexity index is 114. The molecule has 0 aromatic rings. The van der Waals surface area contributed by atoms with E-state index in [1.54, 1.807) is 7.11 Å². The van der Waals surface area contributed by atoms with E-state index >= 15 is 0 Å². The van der Waals surface area contributed by atoms with Crippen molar-refractivity contribution in [2.75, 3.05) is 7.11 Å². The molecule has 2 N–H and O–H groups in total. The molecule has 1 unspecified atom stereocenters. The second-order valence-electron chi connectivity index (χ2n) is 4.47. The highest BCUT2D eigenvalue weighted by Crippen LogP contribution is 2.21. The van der Waals surface area contributed by atoms with Crippen molar-refractivity contribution in [1.29, 1.82) is 0 Å². The second kappa shape index (κ2) is 4.24. The van der Waals surface area contributed by atoms with Crippen LogP contribution in [0, 0.1) is 0 Å². The summed E-state index contributed by atoms with van der Waals surface area (Å²) in [4.78, 5) is 0. The third kappa shape index (κ3) is 4.73. The van der Waals surface area contributed by atoms with E-state index in [1.807, 2.05) is 0 Å². The third-order valence-electron chi connectivity index (χ3n) is 2.66. The number of hydrogen-bond donors (Lipinski definition) is 1. The summed E-state index contributed by atoms with van der Waals surface area (Å²) in [6, 6.07) is 0. The largest absolute Gasteiger partial charge is 0.379 e. The summed E-state index contributed by atoms with van der Waals surface area (Å²) in [5.41, 5.74) is 5.96. The maximum absolute atomic E-state index is 6.02. The van der Waals surface area contributed by atoms with Gasteiger partial charge >= 0.3 is 0 Å². The molecule has 0 aromatic carbocycles. The van der Waals surface area contributed by atoms with E-state index in [4.69, 9.17) is 10.5 Å². The van der Waals surface area contributed by atoms with Crippen LogP contribution in [-0.2, 0) is 4.74 Å². The molecule has 0 saturated heterocycles. The Kier molecular flexibility index (Phi) is 4.21. The minimum absolute atomic E-state index is 0.0319. The topological polar surface area (TPSA) is 35.2 Å². The minimum atomic E-state index is -0.0319. The SMILES string of the molecule is CCC(C)(N)CCC(C)(C)OC. The van der Waals surface area contributed by atoms with E-state index in [-0.39, 0.29) is 11.1 Å². The van der Waals surface area contributed by atoms with Crippen molar-refractivity contribution in [2.24, 2.45) is 5.73 Å². The molecule has 2 heteroatoms. The zero-order chi connectivity index (χ0) is 9.83. The smallest absolute Gasteiger partial charge is 0.0623 e. The van der Waals surface area contributed by atoms with E-state index in [0.717, 1.165) is 19.3 Å². The molecule has 0 fully saturated rings. The zero-order valence-electron chi connectivity index (χ0n) is 9.11. The van der Waals surface area contributed by atoms with Crippen molar-refractivity contribution >= 4 is 0 Å². The monoisotopic (exact) mass is 173 g/mol. The highest BCUT2D eigenvalue weighted by atomic mass is 16.5. The fourth-order valence-electron chi connectivity index (χ4n) is 0.865. The maximum Gasteiger partial charge on any atom is 0.0623 e. The molecule has 12 heavy (non-hydrogen) atoms. The summed E-state index contributed by atoms with van der Waals surface area (Å²) in [5.74, 6) is 0. The van der Waals surface area contributed by atoms with Crippen LogP contribution in [0.15, 0.2) is 0 Å². The summed E-state index contributed by atoms with van der Waals surface area (Å²) in [6.45, 7) is 8.41. The average molecular weight is 173 g/mol. The fourth-order valence-corrected chi connectivity index (χ4v) is 0.865. The van der Waals surface area contributed by atoms with Crippen LogP contribution < -0.4 is 5.73 Å². The molecule has 0 saturated carbocycles. The van der Waals surface area contributed by atoms with E-state index in [9.17, 15) is 0 Å². The van der Waals surface area contributed by atoms with E-state index in [1.165, 1.54) is 0 Å². The van der Waals surface area contributed by atoms with Gasteiger partial charge in [0.2, 0.25) is 0 Å². The van der Waals surface area contributed by atoms with Crippen LogP contribution in [0.1, 0.15) is 47.0 Å². The molecule has 0 aromatic heterocycles. The second-order valence-corrected chi connectivity index (χ2v) is 4.47. The van der Waals surface area contributed by atoms with Crippen molar-refractivity contribution < 1.29 is 4.74 Å². The van der Waals surface area contributed by atoms with Crippen LogP contribution in [0.2, 0.25) is 0 Å². The van der Waals surface area contributed by atoms with Gasteiger partial charge in [-0.2, -0.15) is 0 Å². The first-order valence-electron chi connectivity index (χ1n) is 4.67. The Balaban J connectivity index is 3.82. The lowest BCUT2D eigenvalue weighted by Crippen LogP contribution is -2.37. The lowest BCUT2D eigenvalue weighted by Gasteiger charge is -2.29. The predicted molar refractivity (Wildman–Crippen MR) is 53.2 cm³/mol. The molecule has 2 nitrogen and oxygen atoms in total. The van der Waals surface area contributed by atoms with E-state index in [0.29, 0.717) is 0 Å². The number of nitrogens with two attached hydrogens (primary N) is 1. The fraction of sp³-hybridized carbons (Fsp3) is 1.00. The normalized spacial score (nSPS) is 17.5. The van der Waals surface area contributed by atoms with Gasteiger partial charge in [0.1, 0.15) is 0 Å². The number of methoxy groups -OCH3 is 1. The number of rotatable bonds is 5. The van der Waals surface area contributed by atoms with Gasteiger partial charge in [-0.3, -0.25) is 0 Å². The van der Waals surface area contributed by atoms with Gasteiger partial charge in [-0.15, -0.1) is 0 Å². The molecule has 0 aliphatic heterocycles. The first-order valence-corrected chi connectivity index (χ1v) is 4.67. The molecular formula is C10H23NO. The summed E-state index contributed by atoms with van der Waals surface area (Å²) in [7, 11) is 1.75. The molecule has 0 heterocycles. The van der Waals surface area contributed by atoms with E-state index < -0.39 is 0 Å². The molecule has 1 atom stereocenters. The summed E-state index contributed by atoms with van der Waals surface area (Å²) in [6.07, 6.45) is 3.06. The molecule has 0 aliphatic carbocycles. The van der Waals surface area contributed by atoms with Crippen molar-refractivity contribution in [1.82, 2.24) is 0 Å². The summed E-state index contributed by atoms with van der Waals surface area (Å²) >= 11 is 0. The molecule has 0 rings (SSSR count). The number of hydrogen-bond acceptors (Lipinski definition) is 2. The maximum atomic E-state index is 6.02. The van der Waals surface area contributed by atoms with Gasteiger partial charge in [-0.1, -0.05) is 6.92 Å². The van der Waals surface area contributed by atoms with E-state index in [2.05, 4.69) is 27.7 Å². The minimum Gasteiger partial charge on any atom is -0.379 e. The molecule has 0 spiro atoms. The lowest BCUT2D eigenvalue weighted by atomic mass is 9.89. The zero-order valence-corrected chi connectivity index (χ0v) is 9.11. The lowest BCUT2D eigenvalue weighted by molar-refractivity contribution is 0.00935. The third-order valence-corrected chi connectivity index (χ3v) is 2.66. The first kappa shape index (κ1) is 11.9. The van der Waals surface area contributed by atoms with Gasteiger partial charge in [-0.25, -0.2) is 0 Å². The molecule has 0 amide bonds. The van der Waals surface area contributed by atoms with Gasteiger partial charge in [0, 0.05) is 12.6 Å². The van der Waals surface area contributed by atoms with Gasteiger partial charge in [0.25, 0.3) is 0 Å². The van der Waals surface area contributed by atoms with Gasteiger partial charge in [-0.05, 0) is 40.0 Å². The van der Waals surface area contributed by atoms with Crippen LogP contribution in [0.4, 0.5) is 0 Å². The Morgan fingerprint density at radius 1 is 1.17 bits per heavy atom. The first-order chi connectivity index (χ1) is 5.33. The number of ether oxygens (including phenoxy) is 1. The predicted octanol–water partition coefficient (Wildman–Crippen LogP) is 2.32. The van der Waals surface area contributed by atoms with Crippen LogP contribution in [0.5, 0.6) is 0 Å². The standard InChI is InChI=1S/C10H23NO/c1-6-10(4,11)8-7-9(2,3)12-5/h6-8,11H2,1-5H3. The Hall–Kier alpha value is -0.0800. The van der Waals surface area contributed by atoms with Crippen LogP contribution >= 0.6 is 0 Å². The van der Waals surface area contributed by atoms with Crippen LogP contribution in [0.25, 0.3) is 0 Å². The molecule has 0 aliphatic rings. The van der Waals surface area contributed by atoms with Crippen LogP contribution in [0.3, 0.4) is 0 Å². The Morgan fingerprint density at radius 3 is 2.00 bits per heavy atom. The Morgan fingerprint density at radius 2 is 1.67 bits per heavy atom. The average Bonchev–Trinajstić information content (AvgIpc) is 2.02. The summed E-state index contributed by atoms with van der Waals surface area (Å²) < 4.78 is 5.32.